The second-order valence-electron chi connectivity index (χ2n) is 24.1. The molecule has 0 aliphatic rings. The van der Waals surface area contributed by atoms with Gasteiger partial charge in [-0.05, 0) is 19.3 Å². The number of ether oxygens (including phenoxy) is 1. The SMILES string of the molecule is CCCCCCCCCCCCCCCCCCCCCC(=O)OC(C(=O)CCCCCCCCCCCCCCCCCCCCC)(C(=O)CCCCCCCCCCCCCCCCCCCCC)C(O)CO. The van der Waals surface area contributed by atoms with Crippen molar-refractivity contribution < 1.29 is 29.3 Å². The molecule has 0 heterocycles. The number of carbonyl (C=O) groups excluding carboxylic acids is 3. The summed E-state index contributed by atoms with van der Waals surface area (Å²) in [7, 11) is 0. The summed E-state index contributed by atoms with van der Waals surface area (Å²) in [4.78, 5) is 41.7. The van der Waals surface area contributed by atoms with E-state index >= 15 is 0 Å². The summed E-state index contributed by atoms with van der Waals surface area (Å²) in [6.45, 7) is 6.04. The molecule has 0 aliphatic carbocycles. The highest BCUT2D eigenvalue weighted by Gasteiger charge is 2.53. The molecule has 0 amide bonds. The van der Waals surface area contributed by atoms with Crippen LogP contribution in [0.2, 0.25) is 0 Å². The third-order valence-corrected chi connectivity index (χ3v) is 16.7. The van der Waals surface area contributed by atoms with E-state index < -0.39 is 35.8 Å². The highest BCUT2D eigenvalue weighted by atomic mass is 16.6. The second kappa shape index (κ2) is 60.4. The Kier molecular flexibility index (Phi) is 59.3. The molecule has 0 radical (unpaired) electrons. The standard InChI is InChI=1S/C69H134O6/c1-4-7-10-13-16-19-22-25-28-31-34-37-40-43-46-49-52-55-58-61-65(71)69(67(73)64-70,66(72)62-59-56-53-50-47-44-41-38-35-32-29-26-23-20-17-14-11-8-5-2)75-68(74)63-60-57-54-51-48-45-42-39-36-33-30-27-24-21-18-15-12-9-6-3/h67,70,73H,4-64H2,1-3H3. The smallest absolute Gasteiger partial charge is 0.307 e. The van der Waals surface area contributed by atoms with Crippen molar-refractivity contribution in [3.8, 4) is 0 Å². The van der Waals surface area contributed by atoms with E-state index in [4.69, 9.17) is 4.74 Å². The van der Waals surface area contributed by atoms with Crippen molar-refractivity contribution in [2.24, 2.45) is 0 Å². The monoisotopic (exact) mass is 1060 g/mol. The molecule has 0 aromatic rings. The van der Waals surface area contributed by atoms with Crippen LogP contribution < -0.4 is 0 Å². The largest absolute Gasteiger partial charge is 0.440 e. The highest BCUT2D eigenvalue weighted by Crippen LogP contribution is 2.28. The van der Waals surface area contributed by atoms with Crippen molar-refractivity contribution in [1.82, 2.24) is 0 Å². The average molecular weight is 1060 g/mol. The predicted octanol–water partition coefficient (Wildman–Crippen LogP) is 22.2. The number of aliphatic hydroxyl groups excluding tert-OH is 2. The summed E-state index contributed by atoms with van der Waals surface area (Å²) >= 11 is 0. The lowest BCUT2D eigenvalue weighted by Gasteiger charge is -2.34. The lowest BCUT2D eigenvalue weighted by molar-refractivity contribution is -0.188. The van der Waals surface area contributed by atoms with Gasteiger partial charge in [-0.1, -0.05) is 367 Å². The molecule has 1 atom stereocenters. The third kappa shape index (κ3) is 48.4. The Morgan fingerprint density at radius 3 is 0.613 bits per heavy atom. The summed E-state index contributed by atoms with van der Waals surface area (Å²) in [5, 5.41) is 21.5. The Balaban J connectivity index is 4.72. The predicted molar refractivity (Wildman–Crippen MR) is 326 cm³/mol. The van der Waals surface area contributed by atoms with Gasteiger partial charge in [0.1, 0.15) is 6.10 Å². The molecule has 2 N–H and O–H groups in total. The first kappa shape index (κ1) is 73.7. The molecule has 0 saturated heterocycles. The van der Waals surface area contributed by atoms with Crippen molar-refractivity contribution in [3.63, 3.8) is 0 Å². The summed E-state index contributed by atoms with van der Waals surface area (Å²) in [5.74, 6) is -1.70. The van der Waals surface area contributed by atoms with E-state index in [1.54, 1.807) is 0 Å². The number of carbonyl (C=O) groups is 3. The molecule has 0 aliphatic heterocycles. The first-order chi connectivity index (χ1) is 36.9. The number of ketones is 2. The van der Waals surface area contributed by atoms with Crippen LogP contribution in [0.1, 0.15) is 406 Å². The third-order valence-electron chi connectivity index (χ3n) is 16.7. The van der Waals surface area contributed by atoms with Gasteiger partial charge >= 0.3 is 5.97 Å². The zero-order valence-electron chi connectivity index (χ0n) is 51.2. The highest BCUT2D eigenvalue weighted by molar-refractivity contribution is 6.12. The van der Waals surface area contributed by atoms with Gasteiger partial charge in [0.15, 0.2) is 11.6 Å². The minimum Gasteiger partial charge on any atom is -0.440 e. The van der Waals surface area contributed by atoms with E-state index in [1.807, 2.05) is 0 Å². The fraction of sp³-hybridized carbons (Fsp3) is 0.957. The number of aliphatic hydroxyl groups is 2. The Labute approximate surface area is 469 Å². The zero-order valence-corrected chi connectivity index (χ0v) is 51.2. The van der Waals surface area contributed by atoms with Crippen LogP contribution in [-0.4, -0.2) is 46.1 Å². The number of esters is 1. The fourth-order valence-electron chi connectivity index (χ4n) is 11.5. The van der Waals surface area contributed by atoms with Crippen molar-refractivity contribution in [2.45, 2.75) is 418 Å². The van der Waals surface area contributed by atoms with Gasteiger partial charge in [-0.25, -0.2) is 0 Å². The minimum atomic E-state index is -2.32. The Bertz CT molecular complexity index is 1110. The number of hydrogen-bond acceptors (Lipinski definition) is 6. The lowest BCUT2D eigenvalue weighted by Crippen LogP contribution is -2.60. The van der Waals surface area contributed by atoms with Crippen LogP contribution in [0.3, 0.4) is 0 Å². The summed E-state index contributed by atoms with van der Waals surface area (Å²) in [5.41, 5.74) is -2.32. The van der Waals surface area contributed by atoms with Gasteiger partial charge in [0.25, 0.3) is 5.60 Å². The minimum absolute atomic E-state index is 0.0629. The molecule has 6 heteroatoms. The molecule has 75 heavy (non-hydrogen) atoms. The molecule has 1 unspecified atom stereocenters. The molecule has 0 aromatic heterocycles. The lowest BCUT2D eigenvalue weighted by atomic mass is 9.82. The maximum Gasteiger partial charge on any atom is 0.307 e. The molecular formula is C69H134O6. The van der Waals surface area contributed by atoms with Crippen LogP contribution in [-0.2, 0) is 19.1 Å². The van der Waals surface area contributed by atoms with Crippen molar-refractivity contribution in [2.75, 3.05) is 6.61 Å². The summed E-state index contributed by atoms with van der Waals surface area (Å²) in [6, 6.07) is 0. The first-order valence-electron chi connectivity index (χ1n) is 34.5. The van der Waals surface area contributed by atoms with Crippen molar-refractivity contribution in [3.05, 3.63) is 0 Å². The molecule has 0 rings (SSSR count). The first-order valence-corrected chi connectivity index (χ1v) is 34.5. The van der Waals surface area contributed by atoms with E-state index in [0.717, 1.165) is 57.8 Å². The van der Waals surface area contributed by atoms with Crippen LogP contribution in [0.5, 0.6) is 0 Å². The van der Waals surface area contributed by atoms with Crippen LogP contribution >= 0.6 is 0 Å². The average Bonchev–Trinajstić information content (AvgIpc) is 3.41. The zero-order chi connectivity index (χ0) is 54.7. The molecule has 0 spiro atoms. The van der Waals surface area contributed by atoms with E-state index in [1.165, 1.54) is 289 Å². The van der Waals surface area contributed by atoms with Gasteiger partial charge in [0, 0.05) is 19.3 Å². The van der Waals surface area contributed by atoms with E-state index in [0.29, 0.717) is 19.3 Å². The molecule has 446 valence electrons. The van der Waals surface area contributed by atoms with Gasteiger partial charge in [-0.3, -0.25) is 14.4 Å². The normalized spacial score (nSPS) is 12.2. The molecule has 0 bridgehead atoms. The summed E-state index contributed by atoms with van der Waals surface area (Å²) in [6.07, 6.45) is 70.5. The van der Waals surface area contributed by atoms with Gasteiger partial charge in [-0.15, -0.1) is 0 Å². The van der Waals surface area contributed by atoms with Gasteiger partial charge in [0.05, 0.1) is 6.61 Å². The van der Waals surface area contributed by atoms with E-state index in [2.05, 4.69) is 20.8 Å². The fourth-order valence-corrected chi connectivity index (χ4v) is 11.5. The Hall–Kier alpha value is -1.27. The van der Waals surface area contributed by atoms with Crippen molar-refractivity contribution >= 4 is 17.5 Å². The van der Waals surface area contributed by atoms with Gasteiger partial charge in [-0.2, -0.15) is 0 Å². The Morgan fingerprint density at radius 1 is 0.280 bits per heavy atom. The number of rotatable bonds is 65. The van der Waals surface area contributed by atoms with Gasteiger partial charge < -0.3 is 14.9 Å². The Morgan fingerprint density at radius 2 is 0.440 bits per heavy atom. The van der Waals surface area contributed by atoms with E-state index in [-0.39, 0.29) is 19.3 Å². The van der Waals surface area contributed by atoms with Crippen LogP contribution in [0.15, 0.2) is 0 Å². The van der Waals surface area contributed by atoms with Gasteiger partial charge in [0.2, 0.25) is 0 Å². The molecule has 0 aromatic carbocycles. The van der Waals surface area contributed by atoms with Crippen LogP contribution in [0.25, 0.3) is 0 Å². The molecule has 0 saturated carbocycles. The second-order valence-corrected chi connectivity index (χ2v) is 24.1. The quantitative estimate of drug-likeness (QED) is 0.0358. The topological polar surface area (TPSA) is 101 Å². The molecule has 0 fully saturated rings. The number of unbranched alkanes of at least 4 members (excludes halogenated alkanes) is 54. The summed E-state index contributed by atoms with van der Waals surface area (Å²) < 4.78 is 5.89. The van der Waals surface area contributed by atoms with Crippen molar-refractivity contribution in [1.29, 1.82) is 0 Å². The van der Waals surface area contributed by atoms with Crippen LogP contribution in [0.4, 0.5) is 0 Å². The van der Waals surface area contributed by atoms with Crippen LogP contribution in [0, 0.1) is 0 Å². The molecular weight excluding hydrogens is 925 g/mol. The number of hydrogen-bond donors (Lipinski definition) is 2. The van der Waals surface area contributed by atoms with E-state index in [9.17, 15) is 24.6 Å². The maximum absolute atomic E-state index is 14.1. The molecule has 6 nitrogen and oxygen atoms in total. The maximum atomic E-state index is 14.1. The number of Topliss-reactive ketones (excluding diaryl/α,β-unsaturated/α-hetero) is 2.